The molecule has 7 nitrogen and oxygen atoms in total. The van der Waals surface area contributed by atoms with Crippen molar-refractivity contribution >= 4 is 17.7 Å². The topological polar surface area (TPSA) is 87.5 Å². The van der Waals surface area contributed by atoms with Crippen LogP contribution in [0.2, 0.25) is 0 Å². The van der Waals surface area contributed by atoms with Gasteiger partial charge in [0.1, 0.15) is 0 Å². The summed E-state index contributed by atoms with van der Waals surface area (Å²) >= 11 is 0. The van der Waals surface area contributed by atoms with Gasteiger partial charge in [-0.2, -0.15) is 0 Å². The average Bonchev–Trinajstić information content (AvgIpc) is 2.97. The number of carbonyl (C=O) groups excluding carboxylic acids is 3. The van der Waals surface area contributed by atoms with Crippen LogP contribution < -0.4 is 0 Å². The molecule has 1 heterocycles. The van der Waals surface area contributed by atoms with Crippen molar-refractivity contribution in [3.05, 3.63) is 53.6 Å². The van der Waals surface area contributed by atoms with Crippen molar-refractivity contribution < 1.29 is 23.9 Å². The molecule has 0 aliphatic rings. The van der Waals surface area contributed by atoms with Crippen LogP contribution in [0.25, 0.3) is 0 Å². The van der Waals surface area contributed by atoms with Crippen LogP contribution in [0, 0.1) is 0 Å². The SMILES string of the molecule is COC(=O)c1ncn(CC(=O)c2ccccc2)c1C(=O)OC. The second-order valence-electron chi connectivity index (χ2n) is 4.34. The number of esters is 2. The number of benzene rings is 1. The van der Waals surface area contributed by atoms with E-state index in [0.717, 1.165) is 0 Å². The maximum atomic E-state index is 12.2. The Kier molecular flexibility index (Phi) is 4.67. The average molecular weight is 302 g/mol. The lowest BCUT2D eigenvalue weighted by atomic mass is 10.1. The Morgan fingerprint density at radius 2 is 1.68 bits per heavy atom. The molecule has 7 heteroatoms. The zero-order valence-corrected chi connectivity index (χ0v) is 12.1. The molecule has 0 unspecified atom stereocenters. The molecule has 0 saturated heterocycles. The largest absolute Gasteiger partial charge is 0.464 e. The molecule has 0 radical (unpaired) electrons. The maximum Gasteiger partial charge on any atom is 0.359 e. The molecule has 2 aromatic rings. The first kappa shape index (κ1) is 15.4. The quantitative estimate of drug-likeness (QED) is 0.612. The fraction of sp³-hybridized carbons (Fsp3) is 0.200. The Bertz CT molecular complexity index is 706. The van der Waals surface area contributed by atoms with Crippen LogP contribution in [0.5, 0.6) is 0 Å². The number of carbonyl (C=O) groups is 3. The summed E-state index contributed by atoms with van der Waals surface area (Å²) in [6.07, 6.45) is 1.24. The first-order chi connectivity index (χ1) is 10.6. The summed E-state index contributed by atoms with van der Waals surface area (Å²) < 4.78 is 10.5. The van der Waals surface area contributed by atoms with Crippen LogP contribution in [-0.4, -0.2) is 41.5 Å². The molecule has 0 aliphatic carbocycles. The van der Waals surface area contributed by atoms with Gasteiger partial charge in [0.05, 0.1) is 27.1 Å². The molecule has 2 rings (SSSR count). The summed E-state index contributed by atoms with van der Waals surface area (Å²) in [5.74, 6) is -1.76. The number of hydrogen-bond donors (Lipinski definition) is 0. The molecule has 0 N–H and O–H groups in total. The van der Waals surface area contributed by atoms with E-state index < -0.39 is 11.9 Å². The maximum absolute atomic E-state index is 12.2. The number of aromatic nitrogens is 2. The summed E-state index contributed by atoms with van der Waals surface area (Å²) in [5.41, 5.74) is 0.195. The van der Waals surface area contributed by atoms with Gasteiger partial charge in [-0.05, 0) is 0 Å². The Hall–Kier alpha value is -2.96. The van der Waals surface area contributed by atoms with Crippen LogP contribution in [0.3, 0.4) is 0 Å². The van der Waals surface area contributed by atoms with Crippen LogP contribution in [0.4, 0.5) is 0 Å². The standard InChI is InChI=1S/C15H14N2O5/c1-21-14(19)12-13(15(20)22-2)17(9-16-12)8-11(18)10-6-4-3-5-7-10/h3-7,9H,8H2,1-2H3. The van der Waals surface area contributed by atoms with Gasteiger partial charge in [-0.3, -0.25) is 4.79 Å². The van der Waals surface area contributed by atoms with Crippen LogP contribution >= 0.6 is 0 Å². The number of hydrogen-bond acceptors (Lipinski definition) is 6. The van der Waals surface area contributed by atoms with Crippen LogP contribution in [0.1, 0.15) is 31.3 Å². The minimum absolute atomic E-state index is 0.112. The van der Waals surface area contributed by atoms with Crippen molar-refractivity contribution in [3.63, 3.8) is 0 Å². The summed E-state index contributed by atoms with van der Waals surface area (Å²) in [6, 6.07) is 8.60. The van der Waals surface area contributed by atoms with Gasteiger partial charge in [0.15, 0.2) is 17.2 Å². The van der Waals surface area contributed by atoms with Crippen LogP contribution in [0.15, 0.2) is 36.7 Å². The number of imidazole rings is 1. The predicted molar refractivity (Wildman–Crippen MR) is 75.7 cm³/mol. The summed E-state index contributed by atoms with van der Waals surface area (Å²) in [7, 11) is 2.36. The Morgan fingerprint density at radius 1 is 1.05 bits per heavy atom. The lowest BCUT2D eigenvalue weighted by Crippen LogP contribution is -2.19. The van der Waals surface area contributed by atoms with Crippen molar-refractivity contribution in [2.75, 3.05) is 14.2 Å². The zero-order valence-electron chi connectivity index (χ0n) is 12.1. The highest BCUT2D eigenvalue weighted by atomic mass is 16.5. The molecule has 0 aliphatic heterocycles. The predicted octanol–water partition coefficient (Wildman–Crippen LogP) is 1.34. The Morgan fingerprint density at radius 3 is 2.27 bits per heavy atom. The van der Waals surface area contributed by atoms with E-state index in [1.807, 2.05) is 0 Å². The van der Waals surface area contributed by atoms with E-state index in [0.29, 0.717) is 5.56 Å². The highest BCUT2D eigenvalue weighted by Crippen LogP contribution is 2.12. The molecule has 0 amide bonds. The van der Waals surface area contributed by atoms with Crippen molar-refractivity contribution in [2.45, 2.75) is 6.54 Å². The number of ketones is 1. The van der Waals surface area contributed by atoms with Crippen molar-refractivity contribution in [1.29, 1.82) is 0 Å². The third-order valence-electron chi connectivity index (χ3n) is 3.00. The fourth-order valence-electron chi connectivity index (χ4n) is 1.93. The van der Waals surface area contributed by atoms with Gasteiger partial charge in [-0.25, -0.2) is 14.6 Å². The van der Waals surface area contributed by atoms with Gasteiger partial charge in [-0.1, -0.05) is 30.3 Å². The molecule has 22 heavy (non-hydrogen) atoms. The first-order valence-corrected chi connectivity index (χ1v) is 6.38. The molecule has 0 bridgehead atoms. The van der Waals surface area contributed by atoms with Gasteiger partial charge in [0.2, 0.25) is 0 Å². The number of ether oxygens (including phenoxy) is 2. The van der Waals surface area contributed by atoms with E-state index in [1.165, 1.54) is 25.1 Å². The summed E-state index contributed by atoms with van der Waals surface area (Å²) in [6.45, 7) is -0.140. The molecular formula is C15H14N2O5. The smallest absolute Gasteiger partial charge is 0.359 e. The highest BCUT2D eigenvalue weighted by molar-refractivity contribution is 6.01. The van der Waals surface area contributed by atoms with E-state index >= 15 is 0 Å². The summed E-state index contributed by atoms with van der Waals surface area (Å²) in [5, 5.41) is 0. The van der Waals surface area contributed by atoms with Gasteiger partial charge >= 0.3 is 11.9 Å². The monoisotopic (exact) mass is 302 g/mol. The molecule has 0 spiro atoms. The van der Waals surface area contributed by atoms with Gasteiger partial charge < -0.3 is 14.0 Å². The number of nitrogens with zero attached hydrogens (tertiary/aromatic N) is 2. The molecule has 1 aromatic heterocycles. The minimum atomic E-state index is -0.772. The number of methoxy groups -OCH3 is 2. The molecular weight excluding hydrogens is 288 g/mol. The lowest BCUT2D eigenvalue weighted by molar-refractivity contribution is 0.0543. The molecule has 0 fully saturated rings. The Balaban J connectivity index is 2.35. The van der Waals surface area contributed by atoms with Crippen molar-refractivity contribution in [1.82, 2.24) is 9.55 Å². The zero-order chi connectivity index (χ0) is 16.1. The molecule has 0 atom stereocenters. The third kappa shape index (κ3) is 3.03. The lowest BCUT2D eigenvalue weighted by Gasteiger charge is -2.07. The highest BCUT2D eigenvalue weighted by Gasteiger charge is 2.26. The number of rotatable bonds is 5. The fourth-order valence-corrected chi connectivity index (χ4v) is 1.93. The number of Topliss-reactive ketones (excluding diaryl/α,β-unsaturated/α-hetero) is 1. The van der Waals surface area contributed by atoms with Gasteiger partial charge in [-0.15, -0.1) is 0 Å². The van der Waals surface area contributed by atoms with Crippen molar-refractivity contribution in [2.24, 2.45) is 0 Å². The van der Waals surface area contributed by atoms with Gasteiger partial charge in [0, 0.05) is 5.56 Å². The molecule has 114 valence electrons. The second kappa shape index (κ2) is 6.66. The summed E-state index contributed by atoms with van der Waals surface area (Å²) in [4.78, 5) is 39.5. The normalized spacial score (nSPS) is 10.1. The van der Waals surface area contributed by atoms with Gasteiger partial charge in [0.25, 0.3) is 0 Å². The van der Waals surface area contributed by atoms with E-state index in [-0.39, 0.29) is 23.7 Å². The molecule has 0 saturated carbocycles. The van der Waals surface area contributed by atoms with Crippen LogP contribution in [-0.2, 0) is 16.0 Å². The Labute approximate surface area is 126 Å². The van der Waals surface area contributed by atoms with Crippen molar-refractivity contribution in [3.8, 4) is 0 Å². The molecule has 1 aromatic carbocycles. The van der Waals surface area contributed by atoms with E-state index in [1.54, 1.807) is 30.3 Å². The second-order valence-corrected chi connectivity index (χ2v) is 4.34. The minimum Gasteiger partial charge on any atom is -0.464 e. The van der Waals surface area contributed by atoms with E-state index in [9.17, 15) is 14.4 Å². The van der Waals surface area contributed by atoms with E-state index in [2.05, 4.69) is 14.5 Å². The first-order valence-electron chi connectivity index (χ1n) is 6.38. The third-order valence-corrected chi connectivity index (χ3v) is 3.00. The van der Waals surface area contributed by atoms with E-state index in [4.69, 9.17) is 0 Å².